The van der Waals surface area contributed by atoms with Crippen molar-refractivity contribution < 1.29 is 23.9 Å². The lowest BCUT2D eigenvalue weighted by atomic mass is 10.0. The summed E-state index contributed by atoms with van der Waals surface area (Å²) in [7, 11) is 0. The summed E-state index contributed by atoms with van der Waals surface area (Å²) in [4.78, 5) is 37.8. The molecule has 0 fully saturated rings. The summed E-state index contributed by atoms with van der Waals surface area (Å²) in [6, 6.07) is 8.70. The number of carbonyl (C=O) groups excluding carboxylic acids is 3. The van der Waals surface area contributed by atoms with Gasteiger partial charge >= 0.3 is 11.9 Å². The number of nitrogens with one attached hydrogen (secondary N) is 1. The van der Waals surface area contributed by atoms with Gasteiger partial charge in [0.25, 0.3) is 0 Å². The predicted octanol–water partition coefficient (Wildman–Crippen LogP) is 8.16. The van der Waals surface area contributed by atoms with Crippen LogP contribution < -0.4 is 5.32 Å². The van der Waals surface area contributed by atoms with Gasteiger partial charge in [-0.05, 0) is 25.3 Å². The van der Waals surface area contributed by atoms with Gasteiger partial charge in [0.2, 0.25) is 5.91 Å². The molecule has 0 saturated heterocycles. The van der Waals surface area contributed by atoms with E-state index in [0.717, 1.165) is 44.1 Å². The van der Waals surface area contributed by atoms with Crippen LogP contribution in [-0.2, 0) is 23.9 Å². The Morgan fingerprint density at radius 1 is 0.744 bits per heavy atom. The van der Waals surface area contributed by atoms with E-state index in [1.807, 2.05) is 30.3 Å². The quantitative estimate of drug-likeness (QED) is 0.0855. The first-order valence-corrected chi connectivity index (χ1v) is 15.4. The number of benzene rings is 1. The molecule has 1 aromatic rings. The zero-order valence-electron chi connectivity index (χ0n) is 24.8. The van der Waals surface area contributed by atoms with E-state index in [2.05, 4.69) is 19.2 Å². The van der Waals surface area contributed by atoms with Gasteiger partial charge < -0.3 is 14.8 Å². The van der Waals surface area contributed by atoms with Crippen molar-refractivity contribution in [3.8, 4) is 0 Å². The largest absolute Gasteiger partial charge is 0.463 e. The molecule has 2 atom stereocenters. The average Bonchev–Trinajstić information content (AvgIpc) is 2.93. The molecule has 6 nitrogen and oxygen atoms in total. The molecule has 0 heterocycles. The summed E-state index contributed by atoms with van der Waals surface area (Å²) in [5.41, 5.74) is 0.764. The fourth-order valence-corrected chi connectivity index (χ4v) is 4.52. The van der Waals surface area contributed by atoms with Gasteiger partial charge in [-0.25, -0.2) is 4.79 Å². The summed E-state index contributed by atoms with van der Waals surface area (Å²) >= 11 is 0. The molecule has 220 valence electrons. The van der Waals surface area contributed by atoms with Crippen LogP contribution in [-0.4, -0.2) is 30.5 Å². The number of hydrogen-bond acceptors (Lipinski definition) is 5. The van der Waals surface area contributed by atoms with Gasteiger partial charge in [-0.1, -0.05) is 127 Å². The van der Waals surface area contributed by atoms with Crippen LogP contribution >= 0.6 is 0 Å². The lowest BCUT2D eigenvalue weighted by Gasteiger charge is -2.26. The highest BCUT2D eigenvalue weighted by atomic mass is 16.5. The van der Waals surface area contributed by atoms with E-state index >= 15 is 0 Å². The number of amides is 1. The third-order valence-electron chi connectivity index (χ3n) is 6.76. The minimum absolute atomic E-state index is 0.119. The number of unbranched alkanes of at least 4 members (excludes halogenated alkanes) is 12. The Balaban J connectivity index is 2.84. The molecule has 0 bridgehead atoms. The van der Waals surface area contributed by atoms with Crippen molar-refractivity contribution >= 4 is 17.8 Å². The highest BCUT2D eigenvalue weighted by Crippen LogP contribution is 2.24. The first-order chi connectivity index (χ1) is 19.0. The van der Waals surface area contributed by atoms with Gasteiger partial charge in [0.05, 0.1) is 12.6 Å². The average molecular weight is 544 g/mol. The molecular weight excluding hydrogens is 490 g/mol. The van der Waals surface area contributed by atoms with Crippen molar-refractivity contribution in [3.05, 3.63) is 48.0 Å². The minimum Gasteiger partial charge on any atom is -0.463 e. The van der Waals surface area contributed by atoms with Gasteiger partial charge in [0.15, 0.2) is 6.10 Å². The third kappa shape index (κ3) is 17.6. The zero-order chi connectivity index (χ0) is 28.6. The molecule has 0 aliphatic carbocycles. The molecule has 0 aliphatic rings. The second kappa shape index (κ2) is 23.3. The van der Waals surface area contributed by atoms with Gasteiger partial charge in [-0.15, -0.1) is 0 Å². The number of carbonyl (C=O) groups is 3. The number of hydrogen-bond donors (Lipinski definition) is 1. The fourth-order valence-electron chi connectivity index (χ4n) is 4.52. The zero-order valence-corrected chi connectivity index (χ0v) is 24.8. The van der Waals surface area contributed by atoms with Crippen LogP contribution in [0.15, 0.2) is 42.5 Å². The Morgan fingerprint density at radius 3 is 1.85 bits per heavy atom. The lowest BCUT2D eigenvalue weighted by molar-refractivity contribution is -0.151. The summed E-state index contributed by atoms with van der Waals surface area (Å²) < 4.78 is 11.0. The summed E-state index contributed by atoms with van der Waals surface area (Å²) in [6.07, 6.45) is 18.5. The standard InChI is InChI=1S/C33H53NO5/c1-4-7-9-11-13-15-20-24-30(35)34-29(26-27-31(36)38-6-3)33(28-22-18-17-19-23-28)39-32(37)25-21-16-14-12-10-8-5-2/h17-19,22-23,26-27,29,33H,4-16,20-21,24-25H2,1-3H3,(H,34,35)/b27-26+/t29-,33-/m1/s1. The van der Waals surface area contributed by atoms with Gasteiger partial charge in [-0.2, -0.15) is 0 Å². The molecule has 1 amide bonds. The van der Waals surface area contributed by atoms with Crippen molar-refractivity contribution in [2.45, 2.75) is 136 Å². The maximum atomic E-state index is 12.9. The van der Waals surface area contributed by atoms with E-state index in [9.17, 15) is 14.4 Å². The monoisotopic (exact) mass is 543 g/mol. The molecule has 0 aromatic heterocycles. The molecule has 0 aliphatic heterocycles. The Kier molecular flexibility index (Phi) is 20.5. The lowest BCUT2D eigenvalue weighted by Crippen LogP contribution is -2.39. The highest BCUT2D eigenvalue weighted by Gasteiger charge is 2.27. The molecule has 0 unspecified atom stereocenters. The van der Waals surface area contributed by atoms with Crippen molar-refractivity contribution in [2.24, 2.45) is 0 Å². The summed E-state index contributed by atoms with van der Waals surface area (Å²) in [5, 5.41) is 3.01. The van der Waals surface area contributed by atoms with Crippen LogP contribution in [0, 0.1) is 0 Å². The van der Waals surface area contributed by atoms with Crippen LogP contribution in [0.25, 0.3) is 0 Å². The van der Waals surface area contributed by atoms with Crippen LogP contribution in [0.4, 0.5) is 0 Å². The first-order valence-electron chi connectivity index (χ1n) is 15.4. The van der Waals surface area contributed by atoms with Crippen molar-refractivity contribution in [1.29, 1.82) is 0 Å². The van der Waals surface area contributed by atoms with E-state index in [-0.39, 0.29) is 18.5 Å². The minimum atomic E-state index is -0.744. The molecule has 1 aromatic carbocycles. The molecule has 39 heavy (non-hydrogen) atoms. The molecule has 6 heteroatoms. The number of esters is 2. The van der Waals surface area contributed by atoms with Crippen molar-refractivity contribution in [3.63, 3.8) is 0 Å². The van der Waals surface area contributed by atoms with Gasteiger partial charge in [0, 0.05) is 18.9 Å². The maximum Gasteiger partial charge on any atom is 0.330 e. The molecule has 0 spiro atoms. The third-order valence-corrected chi connectivity index (χ3v) is 6.76. The molecule has 0 radical (unpaired) electrons. The summed E-state index contributed by atoms with van der Waals surface area (Å²) in [5.74, 6) is -0.913. The molecule has 1 N–H and O–H groups in total. The van der Waals surface area contributed by atoms with E-state index in [0.29, 0.717) is 12.8 Å². The van der Waals surface area contributed by atoms with E-state index in [4.69, 9.17) is 9.47 Å². The number of rotatable bonds is 23. The van der Waals surface area contributed by atoms with E-state index < -0.39 is 18.1 Å². The number of ether oxygens (including phenoxy) is 2. The van der Waals surface area contributed by atoms with Crippen LogP contribution in [0.3, 0.4) is 0 Å². The van der Waals surface area contributed by atoms with E-state index in [1.54, 1.807) is 13.0 Å². The highest BCUT2D eigenvalue weighted by molar-refractivity contribution is 5.82. The van der Waals surface area contributed by atoms with E-state index in [1.165, 1.54) is 57.4 Å². The Morgan fingerprint density at radius 2 is 1.28 bits per heavy atom. The Bertz CT molecular complexity index is 808. The second-order valence-electron chi connectivity index (χ2n) is 10.3. The van der Waals surface area contributed by atoms with Crippen LogP contribution in [0.1, 0.15) is 135 Å². The van der Waals surface area contributed by atoms with Crippen molar-refractivity contribution in [2.75, 3.05) is 6.61 Å². The maximum absolute atomic E-state index is 12.9. The summed E-state index contributed by atoms with van der Waals surface area (Å²) in [6.45, 7) is 6.40. The normalized spacial score (nSPS) is 12.7. The SMILES string of the molecule is CCCCCCCCCC(=O)N[C@H](/C=C/C(=O)OCC)[C@H](OC(=O)CCCCCCCCC)c1ccccc1. The predicted molar refractivity (Wildman–Crippen MR) is 158 cm³/mol. The molecule has 0 saturated carbocycles. The van der Waals surface area contributed by atoms with Gasteiger partial charge in [0.1, 0.15) is 0 Å². The van der Waals surface area contributed by atoms with Crippen LogP contribution in [0.5, 0.6) is 0 Å². The first kappa shape index (κ1) is 34.4. The van der Waals surface area contributed by atoms with Crippen molar-refractivity contribution in [1.82, 2.24) is 5.32 Å². The molecular formula is C33H53NO5. The van der Waals surface area contributed by atoms with Crippen LogP contribution in [0.2, 0.25) is 0 Å². The van der Waals surface area contributed by atoms with Gasteiger partial charge in [-0.3, -0.25) is 9.59 Å². The Labute approximate surface area is 237 Å². The Hall–Kier alpha value is -2.63. The topological polar surface area (TPSA) is 81.7 Å². The second-order valence-corrected chi connectivity index (χ2v) is 10.3. The fraction of sp³-hybridized carbons (Fsp3) is 0.667. The smallest absolute Gasteiger partial charge is 0.330 e. The molecule has 1 rings (SSSR count).